The Hall–Kier alpha value is -1.35. The van der Waals surface area contributed by atoms with Crippen molar-refractivity contribution in [2.24, 2.45) is 11.7 Å². The van der Waals surface area contributed by atoms with Crippen molar-refractivity contribution >= 4 is 22.1 Å². The Bertz CT molecular complexity index is 353. The van der Waals surface area contributed by atoms with Crippen LogP contribution in [0.15, 0.2) is 0 Å². The first-order valence-electron chi connectivity index (χ1n) is 4.56. The summed E-state index contributed by atoms with van der Waals surface area (Å²) in [5.41, 5.74) is 5.15. The third kappa shape index (κ3) is 6.19. The van der Waals surface area contributed by atoms with Crippen molar-refractivity contribution < 1.29 is 17.9 Å². The van der Waals surface area contributed by atoms with Crippen LogP contribution in [0.1, 0.15) is 13.8 Å². The van der Waals surface area contributed by atoms with Gasteiger partial charge in [0.25, 0.3) is 0 Å². The first-order valence-corrected chi connectivity index (χ1v) is 6.05. The molecule has 0 aliphatic carbocycles. The van der Waals surface area contributed by atoms with Crippen LogP contribution in [0.2, 0.25) is 0 Å². The van der Waals surface area contributed by atoms with E-state index in [1.54, 1.807) is 18.6 Å². The van der Waals surface area contributed by atoms with Crippen molar-refractivity contribution in [1.29, 1.82) is 5.41 Å². The maximum Gasteiger partial charge on any atom is 0.421 e. The molecular formula is C7H16N4O4S. The third-order valence-corrected chi connectivity index (χ3v) is 2.59. The molecule has 5 N–H and O–H groups in total. The molecule has 0 spiro atoms. The van der Waals surface area contributed by atoms with Crippen LogP contribution in [-0.4, -0.2) is 33.5 Å². The fraction of sp³-hybridized carbons (Fsp3) is 0.714. The first kappa shape index (κ1) is 14.6. The largest absolute Gasteiger partial charge is 0.449 e. The molecule has 94 valence electrons. The first-order chi connectivity index (χ1) is 7.28. The number of ether oxygens (including phenoxy) is 1. The van der Waals surface area contributed by atoms with Gasteiger partial charge in [0.15, 0.2) is 0 Å². The Morgan fingerprint density at radius 3 is 2.56 bits per heavy atom. The van der Waals surface area contributed by atoms with Crippen LogP contribution in [-0.2, 0) is 14.9 Å². The fourth-order valence-corrected chi connectivity index (χ4v) is 1.47. The predicted molar refractivity (Wildman–Crippen MR) is 58.2 cm³/mol. The van der Waals surface area contributed by atoms with Gasteiger partial charge in [-0.15, -0.1) is 0 Å². The number of carbonyl (C=O) groups excluding carboxylic acids is 1. The van der Waals surface area contributed by atoms with E-state index in [1.165, 1.54) is 0 Å². The molecule has 0 fully saturated rings. The molecule has 16 heavy (non-hydrogen) atoms. The average molecular weight is 252 g/mol. The summed E-state index contributed by atoms with van der Waals surface area (Å²) < 4.78 is 30.5. The van der Waals surface area contributed by atoms with Crippen LogP contribution in [0.5, 0.6) is 0 Å². The Labute approximate surface area is 94.2 Å². The maximum absolute atomic E-state index is 11.2. The molecule has 8 nitrogen and oxygen atoms in total. The van der Waals surface area contributed by atoms with E-state index in [2.05, 4.69) is 9.46 Å². The second-order valence-electron chi connectivity index (χ2n) is 3.03. The van der Waals surface area contributed by atoms with Crippen molar-refractivity contribution in [2.75, 3.05) is 13.2 Å². The summed E-state index contributed by atoms with van der Waals surface area (Å²) in [5.74, 6) is -0.586. The van der Waals surface area contributed by atoms with Gasteiger partial charge in [-0.25, -0.2) is 9.52 Å². The van der Waals surface area contributed by atoms with E-state index in [0.717, 1.165) is 0 Å². The number of amides is 1. The summed E-state index contributed by atoms with van der Waals surface area (Å²) in [6.45, 7) is 3.14. The number of nitrogens with two attached hydrogens (primary N) is 1. The molecule has 0 aromatic heterocycles. The summed E-state index contributed by atoms with van der Waals surface area (Å²) in [6, 6.07) is 0. The number of rotatable bonds is 6. The van der Waals surface area contributed by atoms with E-state index < -0.39 is 22.2 Å². The van der Waals surface area contributed by atoms with Crippen LogP contribution in [0.25, 0.3) is 0 Å². The minimum absolute atomic E-state index is 0.0654. The summed E-state index contributed by atoms with van der Waals surface area (Å²) in [6.07, 6.45) is -1.05. The molecule has 0 saturated carbocycles. The molecule has 0 radical (unpaired) electrons. The topological polar surface area (TPSA) is 134 Å². The van der Waals surface area contributed by atoms with Gasteiger partial charge in [-0.2, -0.15) is 13.1 Å². The summed E-state index contributed by atoms with van der Waals surface area (Å²) in [5, 5.41) is 7.05. The van der Waals surface area contributed by atoms with E-state index in [9.17, 15) is 13.2 Å². The molecule has 0 aliphatic rings. The number of amidine groups is 1. The molecule has 1 unspecified atom stereocenters. The third-order valence-electron chi connectivity index (χ3n) is 1.60. The second-order valence-corrected chi connectivity index (χ2v) is 4.53. The molecule has 0 aromatic carbocycles. The minimum atomic E-state index is -3.96. The Kier molecular flexibility index (Phi) is 5.75. The van der Waals surface area contributed by atoms with E-state index >= 15 is 0 Å². The van der Waals surface area contributed by atoms with Gasteiger partial charge >= 0.3 is 16.3 Å². The van der Waals surface area contributed by atoms with Gasteiger partial charge in [0, 0.05) is 12.5 Å². The van der Waals surface area contributed by atoms with Crippen LogP contribution in [0, 0.1) is 11.3 Å². The number of hydrogen-bond donors (Lipinski definition) is 4. The standard InChI is InChI=1S/C7H16N4O4S/c1-3-15-7(12)11-16(13,14)10-4-5(2)6(8)9/h5,10H,3-4H2,1-2H3,(H3,8,9)(H,11,12). The second kappa shape index (κ2) is 6.28. The highest BCUT2D eigenvalue weighted by Crippen LogP contribution is 1.91. The normalized spacial score (nSPS) is 12.9. The Morgan fingerprint density at radius 2 is 2.12 bits per heavy atom. The molecule has 0 aromatic rings. The van der Waals surface area contributed by atoms with Gasteiger partial charge in [-0.05, 0) is 6.92 Å². The smallest absolute Gasteiger partial charge is 0.421 e. The zero-order valence-electron chi connectivity index (χ0n) is 9.11. The lowest BCUT2D eigenvalue weighted by molar-refractivity contribution is 0.158. The molecule has 0 bridgehead atoms. The lowest BCUT2D eigenvalue weighted by atomic mass is 10.2. The lowest BCUT2D eigenvalue weighted by Gasteiger charge is -2.11. The molecule has 0 saturated heterocycles. The molecule has 1 atom stereocenters. The molecule has 0 rings (SSSR count). The van der Waals surface area contributed by atoms with Crippen LogP contribution in [0.3, 0.4) is 0 Å². The van der Waals surface area contributed by atoms with Gasteiger partial charge in [-0.1, -0.05) is 6.92 Å². The van der Waals surface area contributed by atoms with Crippen LogP contribution < -0.4 is 15.2 Å². The van der Waals surface area contributed by atoms with Crippen molar-refractivity contribution in [3.63, 3.8) is 0 Å². The minimum Gasteiger partial charge on any atom is -0.449 e. The molecule has 0 heterocycles. The van der Waals surface area contributed by atoms with Gasteiger partial charge in [0.05, 0.1) is 12.4 Å². The van der Waals surface area contributed by atoms with Gasteiger partial charge in [-0.3, -0.25) is 5.41 Å². The molecule has 0 aliphatic heterocycles. The van der Waals surface area contributed by atoms with Gasteiger partial charge < -0.3 is 10.5 Å². The summed E-state index contributed by atoms with van der Waals surface area (Å²) in [4.78, 5) is 10.8. The predicted octanol–water partition coefficient (Wildman–Crippen LogP) is -0.861. The van der Waals surface area contributed by atoms with Crippen molar-refractivity contribution in [2.45, 2.75) is 13.8 Å². The average Bonchev–Trinajstić information content (AvgIpc) is 2.13. The van der Waals surface area contributed by atoms with E-state index in [4.69, 9.17) is 11.1 Å². The van der Waals surface area contributed by atoms with Gasteiger partial charge in [0.2, 0.25) is 0 Å². The zero-order valence-corrected chi connectivity index (χ0v) is 9.93. The lowest BCUT2D eigenvalue weighted by Crippen LogP contribution is -2.43. The fourth-order valence-electron chi connectivity index (χ4n) is 0.651. The van der Waals surface area contributed by atoms with E-state index in [0.29, 0.717) is 0 Å². The molecule has 9 heteroatoms. The number of hydrogen-bond acceptors (Lipinski definition) is 5. The zero-order chi connectivity index (χ0) is 12.8. The highest BCUT2D eigenvalue weighted by atomic mass is 32.2. The number of carbonyl (C=O) groups is 1. The Morgan fingerprint density at radius 1 is 1.56 bits per heavy atom. The van der Waals surface area contributed by atoms with Crippen molar-refractivity contribution in [3.8, 4) is 0 Å². The van der Waals surface area contributed by atoms with Crippen molar-refractivity contribution in [3.05, 3.63) is 0 Å². The van der Waals surface area contributed by atoms with Gasteiger partial charge in [0.1, 0.15) is 0 Å². The maximum atomic E-state index is 11.2. The number of nitrogens with one attached hydrogen (secondary N) is 3. The highest BCUT2D eigenvalue weighted by Gasteiger charge is 2.16. The quantitative estimate of drug-likeness (QED) is 0.360. The summed E-state index contributed by atoms with van der Waals surface area (Å²) in [7, 11) is -3.96. The summed E-state index contributed by atoms with van der Waals surface area (Å²) >= 11 is 0. The molecule has 1 amide bonds. The van der Waals surface area contributed by atoms with E-state index in [-0.39, 0.29) is 19.0 Å². The monoisotopic (exact) mass is 252 g/mol. The van der Waals surface area contributed by atoms with Crippen molar-refractivity contribution in [1.82, 2.24) is 9.44 Å². The molecular weight excluding hydrogens is 236 g/mol. The van der Waals surface area contributed by atoms with E-state index in [1.807, 2.05) is 0 Å². The van der Waals surface area contributed by atoms with Crippen LogP contribution in [0.4, 0.5) is 4.79 Å². The SMILES string of the molecule is CCOC(=O)NS(=O)(=O)NCC(C)C(=N)N. The highest BCUT2D eigenvalue weighted by molar-refractivity contribution is 7.88. The Balaban J connectivity index is 4.16. The van der Waals surface area contributed by atoms with Crippen LogP contribution >= 0.6 is 0 Å².